The minimum atomic E-state index is -3.74. The molecule has 24 heavy (non-hydrogen) atoms. The number of rotatable bonds is 7. The lowest BCUT2D eigenvalue weighted by Crippen LogP contribution is -2.14. The first-order valence-corrected chi connectivity index (χ1v) is 9.30. The molecule has 0 heterocycles. The van der Waals surface area contributed by atoms with Gasteiger partial charge in [0, 0.05) is 12.1 Å². The van der Waals surface area contributed by atoms with Crippen LogP contribution in [-0.2, 0) is 16.4 Å². The molecule has 7 heteroatoms. The normalized spacial score (nSPS) is 11.2. The third-order valence-electron chi connectivity index (χ3n) is 3.49. The summed E-state index contributed by atoms with van der Waals surface area (Å²) in [5.74, 6) is 0.667. The number of ether oxygens (including phenoxy) is 2. The van der Waals surface area contributed by atoms with Crippen molar-refractivity contribution < 1.29 is 17.9 Å². The molecule has 0 fully saturated rings. The van der Waals surface area contributed by atoms with E-state index >= 15 is 0 Å². The Kier molecular flexibility index (Phi) is 5.96. The molecule has 0 aliphatic carbocycles. The van der Waals surface area contributed by atoms with Crippen LogP contribution in [0.2, 0.25) is 5.02 Å². The second-order valence-electron chi connectivity index (χ2n) is 5.19. The molecule has 0 atom stereocenters. The van der Waals surface area contributed by atoms with Crippen LogP contribution in [0.3, 0.4) is 0 Å². The van der Waals surface area contributed by atoms with E-state index < -0.39 is 10.0 Å². The molecule has 0 bridgehead atoms. The monoisotopic (exact) mass is 369 g/mol. The highest BCUT2D eigenvalue weighted by Crippen LogP contribution is 2.36. The van der Waals surface area contributed by atoms with Crippen molar-refractivity contribution in [2.75, 3.05) is 18.9 Å². The Morgan fingerprint density at radius 3 is 2.21 bits per heavy atom. The maximum Gasteiger partial charge on any atom is 0.262 e. The minimum Gasteiger partial charge on any atom is -0.495 e. The number of methoxy groups -OCH3 is 2. The fraction of sp³-hybridized carbons (Fsp3) is 0.294. The van der Waals surface area contributed by atoms with E-state index in [-0.39, 0.29) is 10.6 Å². The summed E-state index contributed by atoms with van der Waals surface area (Å²) in [7, 11) is -0.847. The highest BCUT2D eigenvalue weighted by Gasteiger charge is 2.18. The van der Waals surface area contributed by atoms with Crippen LogP contribution in [0.15, 0.2) is 41.3 Å². The molecule has 0 aromatic heterocycles. The van der Waals surface area contributed by atoms with Crippen molar-refractivity contribution in [1.29, 1.82) is 0 Å². The number of nitrogens with one attached hydrogen (secondary N) is 1. The maximum absolute atomic E-state index is 12.6. The smallest absolute Gasteiger partial charge is 0.262 e. The van der Waals surface area contributed by atoms with Crippen molar-refractivity contribution in [3.8, 4) is 11.5 Å². The molecular formula is C17H20ClNO4S. The zero-order chi connectivity index (χ0) is 17.7. The van der Waals surface area contributed by atoms with Gasteiger partial charge in [-0.1, -0.05) is 37.1 Å². The summed E-state index contributed by atoms with van der Waals surface area (Å²) in [5, 5.41) is 0.334. The summed E-state index contributed by atoms with van der Waals surface area (Å²) in [4.78, 5) is 0.179. The number of halogens is 1. The van der Waals surface area contributed by atoms with Gasteiger partial charge in [-0.3, -0.25) is 4.72 Å². The highest BCUT2D eigenvalue weighted by atomic mass is 35.5. The van der Waals surface area contributed by atoms with Gasteiger partial charge < -0.3 is 9.47 Å². The molecule has 0 amide bonds. The van der Waals surface area contributed by atoms with Crippen LogP contribution in [0, 0.1) is 0 Å². The summed E-state index contributed by atoms with van der Waals surface area (Å²) >= 11 is 6.03. The summed E-state index contributed by atoms with van der Waals surface area (Å²) < 4.78 is 38.0. The summed E-state index contributed by atoms with van der Waals surface area (Å²) in [5.41, 5.74) is 1.36. The van der Waals surface area contributed by atoms with Crippen LogP contribution >= 0.6 is 11.6 Å². The minimum absolute atomic E-state index is 0.179. The molecular weight excluding hydrogens is 350 g/mol. The molecule has 5 nitrogen and oxygen atoms in total. The maximum atomic E-state index is 12.6. The number of sulfonamides is 1. The van der Waals surface area contributed by atoms with Crippen LogP contribution in [-0.4, -0.2) is 22.6 Å². The largest absolute Gasteiger partial charge is 0.495 e. The van der Waals surface area contributed by atoms with E-state index in [0.717, 1.165) is 18.4 Å². The third-order valence-corrected chi connectivity index (χ3v) is 5.17. The Hall–Kier alpha value is -1.92. The Balaban J connectivity index is 2.34. The Bertz CT molecular complexity index is 804. The number of hydrogen-bond donors (Lipinski definition) is 1. The molecule has 2 rings (SSSR count). The first kappa shape index (κ1) is 18.4. The molecule has 0 aliphatic rings. The highest BCUT2D eigenvalue weighted by molar-refractivity contribution is 7.92. The van der Waals surface area contributed by atoms with E-state index in [9.17, 15) is 8.42 Å². The first-order valence-electron chi connectivity index (χ1n) is 7.44. The third kappa shape index (κ3) is 4.13. The van der Waals surface area contributed by atoms with Crippen LogP contribution in [0.1, 0.15) is 18.9 Å². The van der Waals surface area contributed by atoms with Crippen LogP contribution in [0.5, 0.6) is 11.5 Å². The predicted octanol–water partition coefficient (Wildman–Crippen LogP) is 4.11. The van der Waals surface area contributed by atoms with E-state index in [1.807, 2.05) is 12.1 Å². The standard InChI is InChI=1S/C17H20ClNO4S/c1-4-5-12-6-8-13(9-7-12)24(20,21)19-15-11-16(22-2)14(18)10-17(15)23-3/h6-11,19H,4-5H2,1-3H3. The van der Waals surface area contributed by atoms with Gasteiger partial charge in [-0.25, -0.2) is 8.42 Å². The summed E-state index contributed by atoms with van der Waals surface area (Å²) in [6.45, 7) is 2.08. The molecule has 0 saturated carbocycles. The Labute approximate surface area is 147 Å². The van der Waals surface area contributed by atoms with Gasteiger partial charge in [0.15, 0.2) is 0 Å². The van der Waals surface area contributed by atoms with Crippen LogP contribution in [0.25, 0.3) is 0 Å². The molecule has 0 spiro atoms. The van der Waals surface area contributed by atoms with Gasteiger partial charge in [0.2, 0.25) is 0 Å². The second-order valence-corrected chi connectivity index (χ2v) is 7.28. The molecule has 2 aromatic rings. The average molecular weight is 370 g/mol. The molecule has 0 radical (unpaired) electrons. The lowest BCUT2D eigenvalue weighted by Gasteiger charge is -2.14. The number of aryl methyl sites for hydroxylation is 1. The second kappa shape index (κ2) is 7.77. The number of hydrogen-bond acceptors (Lipinski definition) is 4. The summed E-state index contributed by atoms with van der Waals surface area (Å²) in [6.07, 6.45) is 1.92. The van der Waals surface area contributed by atoms with Gasteiger partial charge in [0.25, 0.3) is 10.0 Å². The van der Waals surface area contributed by atoms with Crippen molar-refractivity contribution in [3.63, 3.8) is 0 Å². The van der Waals surface area contributed by atoms with Crippen molar-refractivity contribution >= 4 is 27.3 Å². The molecule has 1 N–H and O–H groups in total. The van der Waals surface area contributed by atoms with Crippen LogP contribution < -0.4 is 14.2 Å². The van der Waals surface area contributed by atoms with E-state index in [1.54, 1.807) is 12.1 Å². The SMILES string of the molecule is CCCc1ccc(S(=O)(=O)Nc2cc(OC)c(Cl)cc2OC)cc1. The Morgan fingerprint density at radius 1 is 1.04 bits per heavy atom. The zero-order valence-electron chi connectivity index (χ0n) is 13.8. The van der Waals surface area contributed by atoms with Gasteiger partial charge in [-0.15, -0.1) is 0 Å². The summed E-state index contributed by atoms with van der Waals surface area (Å²) in [6, 6.07) is 9.81. The number of benzene rings is 2. The van der Waals surface area contributed by atoms with E-state index in [4.69, 9.17) is 21.1 Å². The molecule has 2 aromatic carbocycles. The number of anilines is 1. The van der Waals surface area contributed by atoms with Gasteiger partial charge in [-0.05, 0) is 24.1 Å². The van der Waals surface area contributed by atoms with Crippen molar-refractivity contribution in [2.24, 2.45) is 0 Å². The van der Waals surface area contributed by atoms with Gasteiger partial charge >= 0.3 is 0 Å². The zero-order valence-corrected chi connectivity index (χ0v) is 15.4. The Morgan fingerprint density at radius 2 is 1.67 bits per heavy atom. The molecule has 130 valence electrons. The van der Waals surface area contributed by atoms with Gasteiger partial charge in [0.1, 0.15) is 11.5 Å². The van der Waals surface area contributed by atoms with E-state index in [0.29, 0.717) is 16.5 Å². The lowest BCUT2D eigenvalue weighted by atomic mass is 10.1. The molecule has 0 aliphatic heterocycles. The first-order chi connectivity index (χ1) is 11.4. The molecule has 0 saturated heterocycles. The van der Waals surface area contributed by atoms with Gasteiger partial charge in [0.05, 0.1) is 29.8 Å². The van der Waals surface area contributed by atoms with Crippen molar-refractivity contribution in [3.05, 3.63) is 47.0 Å². The van der Waals surface area contributed by atoms with Gasteiger partial charge in [-0.2, -0.15) is 0 Å². The fourth-order valence-corrected chi connectivity index (χ4v) is 3.56. The topological polar surface area (TPSA) is 64.6 Å². The lowest BCUT2D eigenvalue weighted by molar-refractivity contribution is 0.405. The van der Waals surface area contributed by atoms with E-state index in [2.05, 4.69) is 11.6 Å². The predicted molar refractivity (Wildman–Crippen MR) is 95.8 cm³/mol. The van der Waals surface area contributed by atoms with Crippen molar-refractivity contribution in [2.45, 2.75) is 24.7 Å². The fourth-order valence-electron chi connectivity index (χ4n) is 2.27. The quantitative estimate of drug-likeness (QED) is 0.797. The van der Waals surface area contributed by atoms with E-state index in [1.165, 1.54) is 26.4 Å². The van der Waals surface area contributed by atoms with Crippen molar-refractivity contribution in [1.82, 2.24) is 0 Å². The van der Waals surface area contributed by atoms with Crippen LogP contribution in [0.4, 0.5) is 5.69 Å². The average Bonchev–Trinajstić information content (AvgIpc) is 2.56. The molecule has 0 unspecified atom stereocenters.